The average molecular weight is 587 g/mol. The molecule has 2 amide bonds. The number of carbonyl (C=O) groups excluding carboxylic acids is 3. The first-order chi connectivity index (χ1) is 20.3. The van der Waals surface area contributed by atoms with E-state index < -0.39 is 0 Å². The van der Waals surface area contributed by atoms with Crippen molar-refractivity contribution in [2.75, 3.05) is 40.3 Å². The Morgan fingerprint density at radius 2 is 1.83 bits per heavy atom. The topological polar surface area (TPSA) is 99.8 Å². The molecule has 0 spiro atoms. The zero-order valence-corrected chi connectivity index (χ0v) is 27.4. The van der Waals surface area contributed by atoms with Crippen LogP contribution in [0.2, 0.25) is 0 Å². The molecule has 0 saturated heterocycles. The largest absolute Gasteiger partial charge is 0.489 e. The van der Waals surface area contributed by atoms with Gasteiger partial charge in [0.05, 0.1) is 12.6 Å². The summed E-state index contributed by atoms with van der Waals surface area (Å²) in [6.45, 7) is 14.8. The fraction of sp³-hybridized carbons (Fsp3) is 0.559. The number of hydrogen-bond acceptors (Lipinski definition) is 6. The molecule has 238 valence electrons. The van der Waals surface area contributed by atoms with Crippen molar-refractivity contribution in [3.8, 4) is 5.75 Å². The molecule has 0 radical (unpaired) electrons. The van der Waals surface area contributed by atoms with Crippen molar-refractivity contribution in [1.82, 2.24) is 20.9 Å². The normalized spacial score (nSPS) is 12.7. The summed E-state index contributed by atoms with van der Waals surface area (Å²) in [4.78, 5) is 32.9. The van der Waals surface area contributed by atoms with Crippen LogP contribution in [0.5, 0.6) is 5.75 Å². The summed E-state index contributed by atoms with van der Waals surface area (Å²) in [6, 6.07) is 8.09. The lowest BCUT2D eigenvalue weighted by molar-refractivity contribution is -0.132. The average Bonchev–Trinajstić information content (AvgIpc) is 3.27. The predicted octanol–water partition coefficient (Wildman–Crippen LogP) is 5.25. The zero-order chi connectivity index (χ0) is 32.0. The number of rotatable bonds is 16. The van der Waals surface area contributed by atoms with Crippen LogP contribution in [0.15, 0.2) is 60.2 Å². The van der Waals surface area contributed by atoms with Gasteiger partial charge in [-0.05, 0) is 71.7 Å². The van der Waals surface area contributed by atoms with Gasteiger partial charge >= 0.3 is 0 Å². The molecule has 3 N–H and O–H groups in total. The summed E-state index contributed by atoms with van der Waals surface area (Å²) in [5, 5.41) is 8.73. The molecule has 0 fully saturated rings. The molecule has 2 atom stereocenters. The number of benzene rings is 1. The lowest BCUT2D eigenvalue weighted by atomic mass is 10.1. The maximum atomic E-state index is 12.5. The van der Waals surface area contributed by atoms with Gasteiger partial charge in [0, 0.05) is 20.1 Å². The smallest absolute Gasteiger partial charge is 0.239 e. The highest BCUT2D eigenvalue weighted by molar-refractivity contribution is 5.81. The van der Waals surface area contributed by atoms with Crippen molar-refractivity contribution in [1.29, 1.82) is 0 Å². The summed E-state index contributed by atoms with van der Waals surface area (Å²) < 4.78 is 6.16. The second kappa shape index (κ2) is 29.3. The number of para-hydroxylation sites is 1. The van der Waals surface area contributed by atoms with Crippen molar-refractivity contribution in [3.05, 3.63) is 65.8 Å². The van der Waals surface area contributed by atoms with E-state index in [0.29, 0.717) is 19.2 Å². The highest BCUT2D eigenvalue weighted by Crippen LogP contribution is 2.20. The van der Waals surface area contributed by atoms with Gasteiger partial charge in [0.15, 0.2) is 0 Å². The van der Waals surface area contributed by atoms with E-state index in [0.717, 1.165) is 50.9 Å². The third-order valence-electron chi connectivity index (χ3n) is 6.01. The number of nitrogens with one attached hydrogen (secondary N) is 3. The van der Waals surface area contributed by atoms with Crippen molar-refractivity contribution in [2.45, 2.75) is 85.8 Å². The summed E-state index contributed by atoms with van der Waals surface area (Å²) >= 11 is 0. The van der Waals surface area contributed by atoms with E-state index in [2.05, 4.69) is 72.3 Å². The van der Waals surface area contributed by atoms with Crippen molar-refractivity contribution >= 4 is 18.6 Å². The minimum atomic E-state index is -0.137. The van der Waals surface area contributed by atoms with Crippen molar-refractivity contribution < 1.29 is 19.1 Å². The zero-order valence-electron chi connectivity index (χ0n) is 27.4. The van der Waals surface area contributed by atoms with E-state index in [4.69, 9.17) is 4.74 Å². The number of allylic oxidation sites excluding steroid dienone is 6. The second-order valence-electron chi connectivity index (χ2n) is 9.57. The fourth-order valence-corrected chi connectivity index (χ4v) is 3.65. The second-order valence-corrected chi connectivity index (χ2v) is 9.57. The molecule has 1 aliphatic carbocycles. The van der Waals surface area contributed by atoms with Crippen LogP contribution in [0.4, 0.5) is 0 Å². The van der Waals surface area contributed by atoms with Crippen LogP contribution < -0.4 is 20.7 Å². The number of amides is 2. The lowest BCUT2D eigenvalue weighted by Gasteiger charge is -2.25. The van der Waals surface area contributed by atoms with Gasteiger partial charge in [0.25, 0.3) is 0 Å². The highest BCUT2D eigenvalue weighted by atomic mass is 16.5. The SMILES string of the molecule is CC.CC1=CC=CC=CC1.CCCC(NC[C@@H](C)Oc1ccccc1CCCNC)C(=O)N(C)CC.O=CCNC=O. The monoisotopic (exact) mass is 586 g/mol. The Kier molecular flexibility index (Phi) is 28.5. The van der Waals surface area contributed by atoms with Gasteiger partial charge in [0.2, 0.25) is 12.3 Å². The highest BCUT2D eigenvalue weighted by Gasteiger charge is 2.21. The van der Waals surface area contributed by atoms with Crippen LogP contribution >= 0.6 is 0 Å². The Balaban J connectivity index is 0. The Bertz CT molecular complexity index is 907. The van der Waals surface area contributed by atoms with Gasteiger partial charge in [-0.3, -0.25) is 9.59 Å². The van der Waals surface area contributed by atoms with Gasteiger partial charge < -0.3 is 30.4 Å². The molecule has 42 heavy (non-hydrogen) atoms. The minimum Gasteiger partial charge on any atom is -0.489 e. The van der Waals surface area contributed by atoms with Crippen LogP contribution in [-0.2, 0) is 20.8 Å². The van der Waals surface area contributed by atoms with Gasteiger partial charge in [-0.1, -0.05) is 81.3 Å². The van der Waals surface area contributed by atoms with Crippen LogP contribution in [0.1, 0.15) is 72.8 Å². The molecule has 2 rings (SSSR count). The Morgan fingerprint density at radius 1 is 1.12 bits per heavy atom. The van der Waals surface area contributed by atoms with Gasteiger partial charge in [0.1, 0.15) is 18.1 Å². The molecule has 0 aliphatic heterocycles. The molecule has 0 bridgehead atoms. The molecular weight excluding hydrogens is 528 g/mol. The summed E-state index contributed by atoms with van der Waals surface area (Å²) in [6.07, 6.45) is 16.6. The minimum absolute atomic E-state index is 0.000427. The quantitative estimate of drug-likeness (QED) is 0.181. The van der Waals surface area contributed by atoms with E-state index in [9.17, 15) is 14.4 Å². The predicted molar refractivity (Wildman–Crippen MR) is 177 cm³/mol. The van der Waals surface area contributed by atoms with Crippen LogP contribution in [-0.4, -0.2) is 75.9 Å². The summed E-state index contributed by atoms with van der Waals surface area (Å²) in [5.41, 5.74) is 2.66. The number of hydrogen-bond donors (Lipinski definition) is 3. The molecule has 1 aliphatic rings. The fourth-order valence-electron chi connectivity index (χ4n) is 3.65. The Labute approximate surface area is 256 Å². The third-order valence-corrected chi connectivity index (χ3v) is 6.01. The molecule has 0 heterocycles. The maximum absolute atomic E-state index is 12.5. The van der Waals surface area contributed by atoms with Gasteiger partial charge in [-0.25, -0.2) is 0 Å². The lowest BCUT2D eigenvalue weighted by Crippen LogP contribution is -2.47. The van der Waals surface area contributed by atoms with Crippen LogP contribution in [0.3, 0.4) is 0 Å². The van der Waals surface area contributed by atoms with Crippen molar-refractivity contribution in [3.63, 3.8) is 0 Å². The number of likely N-dealkylation sites (N-methyl/N-ethyl adjacent to an activating group) is 1. The Morgan fingerprint density at radius 3 is 2.43 bits per heavy atom. The first kappa shape index (κ1) is 40.9. The van der Waals surface area contributed by atoms with Crippen LogP contribution in [0.25, 0.3) is 0 Å². The number of ether oxygens (including phenoxy) is 1. The van der Waals surface area contributed by atoms with Crippen LogP contribution in [0, 0.1) is 0 Å². The first-order valence-corrected chi connectivity index (χ1v) is 15.3. The molecule has 1 unspecified atom stereocenters. The van der Waals surface area contributed by atoms with E-state index in [1.54, 1.807) is 4.90 Å². The number of nitrogens with zero attached hydrogens (tertiary/aromatic N) is 1. The maximum Gasteiger partial charge on any atom is 0.239 e. The molecular formula is C34H58N4O4. The molecule has 0 saturated carbocycles. The molecule has 8 heteroatoms. The molecule has 1 aromatic rings. The third kappa shape index (κ3) is 21.5. The standard InChI is InChI=1S/C21H37N3O2.C8H10.C3H5NO2.C2H6/c1-6-11-19(21(25)24(5)7-2)23-16-17(3)26-20-14-9-8-12-18(20)13-10-15-22-4;1-8-6-4-2-3-5-7-8;5-2-1-4-3-6;1-2/h8-9,12,14,17,19,22-23H,6-7,10-11,13,15-16H2,1-5H3;2-6H,7H2,1H3;2-3H,1H2,(H,4,6);1-2H3/t17-,19?;;;/m1.../s1. The molecule has 0 aromatic heterocycles. The summed E-state index contributed by atoms with van der Waals surface area (Å²) in [5.74, 6) is 1.11. The number of aldehydes is 1. The van der Waals surface area contributed by atoms with Gasteiger partial charge in [-0.15, -0.1) is 0 Å². The van der Waals surface area contributed by atoms with Gasteiger partial charge in [-0.2, -0.15) is 0 Å². The van der Waals surface area contributed by atoms with E-state index in [-0.39, 0.29) is 24.6 Å². The van der Waals surface area contributed by atoms with E-state index >= 15 is 0 Å². The number of aryl methyl sites for hydroxylation is 1. The Hall–Kier alpha value is -3.23. The van der Waals surface area contributed by atoms with Crippen molar-refractivity contribution in [2.24, 2.45) is 0 Å². The molecule has 8 nitrogen and oxygen atoms in total. The molecule has 1 aromatic carbocycles. The first-order valence-electron chi connectivity index (χ1n) is 15.3. The number of carbonyl (C=O) groups is 3. The van der Waals surface area contributed by atoms with E-state index in [1.165, 1.54) is 11.1 Å². The summed E-state index contributed by atoms with van der Waals surface area (Å²) in [7, 11) is 3.83. The van der Waals surface area contributed by atoms with E-state index in [1.807, 2.05) is 53.9 Å².